The first kappa shape index (κ1) is 28.0. The first-order valence-corrected chi connectivity index (χ1v) is 13.4. The Hall–Kier alpha value is -3.20. The van der Waals surface area contributed by atoms with Gasteiger partial charge in [0, 0.05) is 18.7 Å². The maximum absolute atomic E-state index is 13.5. The van der Waals surface area contributed by atoms with Crippen LogP contribution in [0.15, 0.2) is 48.5 Å². The Balaban J connectivity index is 2.39. The van der Waals surface area contributed by atoms with Gasteiger partial charge in [-0.2, -0.15) is 0 Å². The number of nitrogens with one attached hydrogen (secondary N) is 1. The second-order valence-corrected chi connectivity index (χ2v) is 11.1. The zero-order valence-electron chi connectivity index (χ0n) is 21.2. The Morgan fingerprint density at radius 3 is 2.17 bits per heavy atom. The topological polar surface area (TPSA) is 104 Å². The molecule has 0 aliphatic rings. The van der Waals surface area contributed by atoms with Crippen LogP contribution < -0.4 is 9.62 Å². The third-order valence-corrected chi connectivity index (χ3v) is 6.69. The number of nitrogens with zero attached hydrogens (tertiary/aromatic N) is 2. The molecule has 9 heteroatoms. The predicted octanol–water partition coefficient (Wildman–Crippen LogP) is 3.15. The highest BCUT2D eigenvalue weighted by atomic mass is 32.2. The number of rotatable bonds is 11. The highest BCUT2D eigenvalue weighted by molar-refractivity contribution is 7.92. The van der Waals surface area contributed by atoms with Gasteiger partial charge in [-0.3, -0.25) is 18.7 Å². The summed E-state index contributed by atoms with van der Waals surface area (Å²) in [6, 6.07) is 12.9. The molecule has 0 fully saturated rings. The smallest absolute Gasteiger partial charge is 0.244 e. The Morgan fingerprint density at radius 2 is 1.63 bits per heavy atom. The van der Waals surface area contributed by atoms with Gasteiger partial charge in [-0.15, -0.1) is 0 Å². The van der Waals surface area contributed by atoms with Crippen molar-refractivity contribution in [3.63, 3.8) is 0 Å². The molecule has 0 spiro atoms. The van der Waals surface area contributed by atoms with E-state index in [9.17, 15) is 22.8 Å². The highest BCUT2D eigenvalue weighted by Crippen LogP contribution is 2.21. The average molecular weight is 502 g/mol. The van der Waals surface area contributed by atoms with E-state index in [4.69, 9.17) is 0 Å². The quantitative estimate of drug-likeness (QED) is 0.477. The minimum atomic E-state index is -3.86. The van der Waals surface area contributed by atoms with Crippen molar-refractivity contribution in [1.82, 2.24) is 10.2 Å². The number of ketones is 1. The molecule has 0 saturated carbocycles. The number of amides is 2. The lowest BCUT2D eigenvalue weighted by Crippen LogP contribution is -2.51. The van der Waals surface area contributed by atoms with E-state index < -0.39 is 28.5 Å². The third-order valence-electron chi connectivity index (χ3n) is 5.55. The number of hydrogen-bond donors (Lipinski definition) is 1. The van der Waals surface area contributed by atoms with Crippen LogP contribution in [0.2, 0.25) is 0 Å². The molecule has 2 aromatic rings. The molecule has 0 aromatic heterocycles. The summed E-state index contributed by atoms with van der Waals surface area (Å²) >= 11 is 0. The largest absolute Gasteiger partial charge is 0.354 e. The number of sulfonamides is 1. The Kier molecular flexibility index (Phi) is 9.59. The molecule has 0 aliphatic heterocycles. The molecule has 0 heterocycles. The Labute approximate surface area is 208 Å². The minimum Gasteiger partial charge on any atom is -0.354 e. The minimum absolute atomic E-state index is 0.139. The van der Waals surface area contributed by atoms with Crippen LogP contribution in [0.4, 0.5) is 5.69 Å². The van der Waals surface area contributed by atoms with Crippen LogP contribution >= 0.6 is 0 Å². The van der Waals surface area contributed by atoms with Crippen molar-refractivity contribution in [1.29, 1.82) is 0 Å². The van der Waals surface area contributed by atoms with Gasteiger partial charge in [-0.05, 0) is 44.4 Å². The molecule has 0 radical (unpaired) electrons. The monoisotopic (exact) mass is 501 g/mol. The second-order valence-electron chi connectivity index (χ2n) is 9.20. The van der Waals surface area contributed by atoms with E-state index in [1.807, 2.05) is 45.0 Å². The van der Waals surface area contributed by atoms with E-state index in [1.165, 1.54) is 24.0 Å². The standard InChI is InChI=1S/C26H35N3O5S/c1-18(2)15-27-26(32)20(4)28(16-22-12-10-19(3)11-13-22)25(31)17-29(35(6,33)34)24-9-7-8-23(14-24)21(5)30/h7-14,18,20H,15-17H2,1-6H3,(H,27,32). The van der Waals surface area contributed by atoms with E-state index >= 15 is 0 Å². The molecule has 190 valence electrons. The fourth-order valence-corrected chi connectivity index (χ4v) is 4.26. The maximum Gasteiger partial charge on any atom is 0.244 e. The van der Waals surface area contributed by atoms with E-state index in [-0.39, 0.29) is 29.8 Å². The van der Waals surface area contributed by atoms with E-state index in [1.54, 1.807) is 19.1 Å². The van der Waals surface area contributed by atoms with Crippen molar-refractivity contribution in [3.05, 3.63) is 65.2 Å². The summed E-state index contributed by atoms with van der Waals surface area (Å²) in [5, 5.41) is 2.85. The summed E-state index contributed by atoms with van der Waals surface area (Å²) < 4.78 is 26.2. The molecular weight excluding hydrogens is 466 g/mol. The van der Waals surface area contributed by atoms with Gasteiger partial charge in [0.25, 0.3) is 0 Å². The molecule has 1 unspecified atom stereocenters. The average Bonchev–Trinajstić information content (AvgIpc) is 2.79. The van der Waals surface area contributed by atoms with Gasteiger partial charge in [0.1, 0.15) is 12.6 Å². The van der Waals surface area contributed by atoms with Gasteiger partial charge >= 0.3 is 0 Å². The van der Waals surface area contributed by atoms with Gasteiger partial charge in [-0.25, -0.2) is 8.42 Å². The molecule has 2 aromatic carbocycles. The number of carbonyl (C=O) groups is 3. The molecule has 0 saturated heterocycles. The van der Waals surface area contributed by atoms with Crippen molar-refractivity contribution < 1.29 is 22.8 Å². The molecule has 1 atom stereocenters. The van der Waals surface area contributed by atoms with E-state index in [2.05, 4.69) is 5.32 Å². The molecule has 2 rings (SSSR count). The zero-order valence-corrected chi connectivity index (χ0v) is 22.1. The summed E-state index contributed by atoms with van der Waals surface area (Å²) in [6.07, 6.45) is 1.00. The van der Waals surface area contributed by atoms with Crippen LogP contribution in [0.3, 0.4) is 0 Å². The van der Waals surface area contributed by atoms with Gasteiger partial charge in [0.05, 0.1) is 11.9 Å². The Morgan fingerprint density at radius 1 is 1.00 bits per heavy atom. The molecule has 2 amide bonds. The third kappa shape index (κ3) is 8.20. The van der Waals surface area contributed by atoms with E-state index in [0.29, 0.717) is 12.1 Å². The highest BCUT2D eigenvalue weighted by Gasteiger charge is 2.30. The van der Waals surface area contributed by atoms with Crippen molar-refractivity contribution in [2.24, 2.45) is 5.92 Å². The van der Waals surface area contributed by atoms with Gasteiger partial charge < -0.3 is 10.2 Å². The predicted molar refractivity (Wildman–Crippen MR) is 138 cm³/mol. The summed E-state index contributed by atoms with van der Waals surface area (Å²) in [4.78, 5) is 39.6. The lowest BCUT2D eigenvalue weighted by atomic mass is 10.1. The van der Waals surface area contributed by atoms with Crippen LogP contribution in [-0.4, -0.2) is 56.3 Å². The number of carbonyl (C=O) groups excluding carboxylic acids is 3. The first-order valence-electron chi connectivity index (χ1n) is 11.5. The van der Waals surface area contributed by atoms with E-state index in [0.717, 1.165) is 21.7 Å². The van der Waals surface area contributed by atoms with Crippen molar-refractivity contribution >= 4 is 33.3 Å². The van der Waals surface area contributed by atoms with Crippen LogP contribution in [-0.2, 0) is 26.2 Å². The molecule has 0 aliphatic carbocycles. The molecular formula is C26H35N3O5S. The molecule has 0 bridgehead atoms. The van der Waals surface area contributed by atoms with Crippen LogP contribution in [0, 0.1) is 12.8 Å². The fourth-order valence-electron chi connectivity index (χ4n) is 3.42. The summed E-state index contributed by atoms with van der Waals surface area (Å²) in [5.41, 5.74) is 2.42. The van der Waals surface area contributed by atoms with Crippen molar-refractivity contribution in [2.45, 2.75) is 47.2 Å². The van der Waals surface area contributed by atoms with Gasteiger partial charge in [0.2, 0.25) is 21.8 Å². The molecule has 35 heavy (non-hydrogen) atoms. The van der Waals surface area contributed by atoms with Crippen LogP contribution in [0.1, 0.15) is 49.2 Å². The maximum atomic E-state index is 13.5. The zero-order chi connectivity index (χ0) is 26.3. The number of hydrogen-bond acceptors (Lipinski definition) is 5. The summed E-state index contributed by atoms with van der Waals surface area (Å²) in [7, 11) is -3.86. The lowest BCUT2D eigenvalue weighted by molar-refractivity contribution is -0.139. The normalized spacial score (nSPS) is 12.2. The summed E-state index contributed by atoms with van der Waals surface area (Å²) in [5.74, 6) is -0.829. The number of benzene rings is 2. The lowest BCUT2D eigenvalue weighted by Gasteiger charge is -2.31. The SMILES string of the molecule is CC(=O)c1cccc(N(CC(=O)N(Cc2ccc(C)cc2)C(C)C(=O)NCC(C)C)S(C)(=O)=O)c1. The fraction of sp³-hybridized carbons (Fsp3) is 0.423. The van der Waals surface area contributed by atoms with Gasteiger partial charge in [0.15, 0.2) is 5.78 Å². The first-order chi connectivity index (χ1) is 16.3. The van der Waals surface area contributed by atoms with Crippen LogP contribution in [0.25, 0.3) is 0 Å². The number of Topliss-reactive ketones (excluding diaryl/α,β-unsaturated/α-hetero) is 1. The summed E-state index contributed by atoms with van der Waals surface area (Å²) in [6.45, 7) is 9.00. The van der Waals surface area contributed by atoms with Crippen molar-refractivity contribution in [3.8, 4) is 0 Å². The van der Waals surface area contributed by atoms with Crippen LogP contribution in [0.5, 0.6) is 0 Å². The molecule has 8 nitrogen and oxygen atoms in total. The number of aryl methyl sites for hydroxylation is 1. The second kappa shape index (κ2) is 12.0. The molecule has 1 N–H and O–H groups in total. The Bertz CT molecular complexity index is 1160. The number of anilines is 1. The van der Waals surface area contributed by atoms with Gasteiger partial charge in [-0.1, -0.05) is 55.8 Å². The van der Waals surface area contributed by atoms with Crippen molar-refractivity contribution in [2.75, 3.05) is 23.7 Å².